The molecule has 0 aromatic carbocycles. The minimum Gasteiger partial charge on any atom is -0.462 e. The van der Waals surface area contributed by atoms with E-state index in [0.29, 0.717) is 26.3 Å². The summed E-state index contributed by atoms with van der Waals surface area (Å²) in [5.41, 5.74) is 0. The number of hydrogen-bond acceptors (Lipinski definition) is 4. The molecule has 1 radical (unpaired) electrons. The third-order valence-corrected chi connectivity index (χ3v) is 4.05. The second-order valence-electron chi connectivity index (χ2n) is 4.26. The van der Waals surface area contributed by atoms with Gasteiger partial charge in [-0.1, -0.05) is 0 Å². The molecular formula is C10H21N2O4PY. The van der Waals surface area contributed by atoms with Crippen LogP contribution in [0.15, 0.2) is 0 Å². The Labute approximate surface area is 134 Å². The van der Waals surface area contributed by atoms with Gasteiger partial charge in [0.05, 0.1) is 19.3 Å². The van der Waals surface area contributed by atoms with Crippen molar-refractivity contribution >= 4 is 14.1 Å². The number of nitrogens with zero attached hydrogens (tertiary/aromatic N) is 1. The Balaban J connectivity index is 0.00000289. The van der Waals surface area contributed by atoms with Gasteiger partial charge in [0.1, 0.15) is 6.04 Å². The molecule has 2 unspecified atom stereocenters. The zero-order valence-corrected chi connectivity index (χ0v) is 15.0. The van der Waals surface area contributed by atoms with Crippen LogP contribution < -0.4 is 5.09 Å². The van der Waals surface area contributed by atoms with Crippen LogP contribution in [-0.4, -0.2) is 49.1 Å². The maximum absolute atomic E-state index is 11.9. The number of rotatable bonds is 5. The van der Waals surface area contributed by atoms with E-state index in [-0.39, 0.29) is 44.8 Å². The molecule has 1 rings (SSSR count). The second-order valence-corrected chi connectivity index (χ2v) is 5.79. The predicted molar refractivity (Wildman–Crippen MR) is 65.2 cm³/mol. The summed E-state index contributed by atoms with van der Waals surface area (Å²) in [7, 11) is -2.12. The molecule has 0 aromatic heterocycles. The summed E-state index contributed by atoms with van der Waals surface area (Å²) in [6, 6.07) is -0.549. The Kier molecular flexibility index (Phi) is 9.93. The number of esters is 1. The van der Waals surface area contributed by atoms with Gasteiger partial charge in [0.25, 0.3) is 0 Å². The molecule has 8 heteroatoms. The van der Waals surface area contributed by atoms with Gasteiger partial charge in [-0.15, -0.1) is 0 Å². The SMILES string of the molecule is CC(C)OC(=O)C(C)N[PH](=O)N1CCOCC1.[Y]. The van der Waals surface area contributed by atoms with Crippen molar-refractivity contribution in [3.05, 3.63) is 0 Å². The van der Waals surface area contributed by atoms with Gasteiger partial charge >= 0.3 is 5.97 Å². The topological polar surface area (TPSA) is 67.9 Å². The molecule has 0 bridgehead atoms. The molecular weight excluding hydrogens is 332 g/mol. The third kappa shape index (κ3) is 6.74. The Morgan fingerprint density at radius 1 is 1.33 bits per heavy atom. The van der Waals surface area contributed by atoms with Crippen LogP contribution in [0.3, 0.4) is 0 Å². The molecule has 0 spiro atoms. The number of ether oxygens (including phenoxy) is 2. The molecule has 0 aromatic rings. The molecule has 1 aliphatic heterocycles. The van der Waals surface area contributed by atoms with Gasteiger partial charge in [0, 0.05) is 45.8 Å². The van der Waals surface area contributed by atoms with E-state index in [4.69, 9.17) is 9.47 Å². The predicted octanol–water partition coefficient (Wildman–Crippen LogP) is 0.636. The van der Waals surface area contributed by atoms with Crippen molar-refractivity contribution in [3.8, 4) is 0 Å². The first kappa shape index (κ1) is 18.7. The standard InChI is InChI=1S/C10H21N2O4P.Y/c1-8(2)16-10(13)9(3)11-17(14)12-4-6-15-7-5-12;/h8-9,17H,4-7H2,1-3H3,(H,11,14);. The maximum Gasteiger partial charge on any atom is 0.323 e. The summed E-state index contributed by atoms with van der Waals surface area (Å²) in [5, 5.41) is 2.80. The van der Waals surface area contributed by atoms with Gasteiger partial charge in [-0.2, -0.15) is 0 Å². The summed E-state index contributed by atoms with van der Waals surface area (Å²) in [6.45, 7) is 7.68. The van der Waals surface area contributed by atoms with E-state index in [2.05, 4.69) is 5.09 Å². The molecule has 1 heterocycles. The first-order chi connectivity index (χ1) is 8.00. The van der Waals surface area contributed by atoms with Crippen LogP contribution in [0.2, 0.25) is 0 Å². The average Bonchev–Trinajstić information content (AvgIpc) is 2.29. The van der Waals surface area contributed by atoms with E-state index in [0.717, 1.165) is 0 Å². The van der Waals surface area contributed by atoms with Crippen molar-refractivity contribution in [1.29, 1.82) is 0 Å². The average molecular weight is 353 g/mol. The van der Waals surface area contributed by atoms with Crippen molar-refractivity contribution in [2.45, 2.75) is 32.9 Å². The first-order valence-electron chi connectivity index (χ1n) is 5.84. The van der Waals surface area contributed by atoms with Crippen LogP contribution >= 0.6 is 8.10 Å². The van der Waals surface area contributed by atoms with Gasteiger partial charge in [-0.05, 0) is 20.8 Å². The molecule has 0 saturated carbocycles. The van der Waals surface area contributed by atoms with Crippen molar-refractivity contribution in [2.24, 2.45) is 0 Å². The molecule has 2 atom stereocenters. The minimum atomic E-state index is -2.12. The molecule has 103 valence electrons. The molecule has 0 aliphatic carbocycles. The summed E-state index contributed by atoms with van der Waals surface area (Å²) in [4.78, 5) is 11.5. The molecule has 18 heavy (non-hydrogen) atoms. The van der Waals surface area contributed by atoms with Crippen molar-refractivity contribution in [1.82, 2.24) is 9.76 Å². The van der Waals surface area contributed by atoms with Gasteiger partial charge in [-0.25, -0.2) is 9.76 Å². The fourth-order valence-electron chi connectivity index (χ4n) is 1.44. The zero-order chi connectivity index (χ0) is 12.8. The van der Waals surface area contributed by atoms with Crippen LogP contribution in [0.25, 0.3) is 0 Å². The van der Waals surface area contributed by atoms with Crippen molar-refractivity contribution in [2.75, 3.05) is 26.3 Å². The Bertz CT molecular complexity index is 285. The van der Waals surface area contributed by atoms with Crippen LogP contribution in [0, 0.1) is 0 Å². The molecule has 1 aliphatic rings. The van der Waals surface area contributed by atoms with E-state index in [1.165, 1.54) is 0 Å². The van der Waals surface area contributed by atoms with Crippen molar-refractivity contribution in [3.63, 3.8) is 0 Å². The van der Waals surface area contributed by atoms with Gasteiger partial charge in [0.2, 0.25) is 8.10 Å². The Morgan fingerprint density at radius 2 is 1.89 bits per heavy atom. The van der Waals surface area contributed by atoms with E-state index >= 15 is 0 Å². The summed E-state index contributed by atoms with van der Waals surface area (Å²) in [6.07, 6.45) is -0.155. The van der Waals surface area contributed by atoms with Crippen LogP contribution in [0.5, 0.6) is 0 Å². The third-order valence-electron chi connectivity index (χ3n) is 2.34. The number of hydrogen-bond donors (Lipinski definition) is 1. The number of carbonyl (C=O) groups is 1. The summed E-state index contributed by atoms with van der Waals surface area (Å²) in [5.74, 6) is -0.369. The van der Waals surface area contributed by atoms with E-state index in [9.17, 15) is 9.36 Å². The minimum absolute atomic E-state index is 0. The quantitative estimate of drug-likeness (QED) is 0.578. The van der Waals surface area contributed by atoms with Gasteiger partial charge < -0.3 is 9.47 Å². The molecule has 1 fully saturated rings. The van der Waals surface area contributed by atoms with E-state index < -0.39 is 14.1 Å². The second kappa shape index (κ2) is 9.57. The number of carbonyl (C=O) groups excluding carboxylic acids is 1. The molecule has 1 N–H and O–H groups in total. The number of morpholine rings is 1. The smallest absolute Gasteiger partial charge is 0.323 e. The van der Waals surface area contributed by atoms with E-state index in [1.54, 1.807) is 20.8 Å². The Morgan fingerprint density at radius 3 is 2.39 bits per heavy atom. The van der Waals surface area contributed by atoms with E-state index in [1.807, 2.05) is 4.67 Å². The largest absolute Gasteiger partial charge is 0.462 e. The summed E-state index contributed by atoms with van der Waals surface area (Å²) < 4.78 is 24.0. The maximum atomic E-state index is 11.9. The fraction of sp³-hybridized carbons (Fsp3) is 0.900. The normalized spacial score (nSPS) is 20.0. The monoisotopic (exact) mass is 353 g/mol. The first-order valence-corrected chi connectivity index (χ1v) is 7.20. The van der Waals surface area contributed by atoms with Crippen LogP contribution in [0.4, 0.5) is 0 Å². The van der Waals surface area contributed by atoms with Gasteiger partial charge in [-0.3, -0.25) is 9.36 Å². The molecule has 1 saturated heterocycles. The van der Waals surface area contributed by atoms with Gasteiger partial charge in [0.15, 0.2) is 0 Å². The zero-order valence-electron chi connectivity index (χ0n) is 11.1. The van der Waals surface area contributed by atoms with Crippen LogP contribution in [0.1, 0.15) is 20.8 Å². The number of nitrogens with one attached hydrogen (secondary N) is 1. The molecule has 6 nitrogen and oxygen atoms in total. The van der Waals surface area contributed by atoms with Crippen molar-refractivity contribution < 1.29 is 51.5 Å². The van der Waals surface area contributed by atoms with Crippen LogP contribution in [-0.2, 0) is 51.5 Å². The fourth-order valence-corrected chi connectivity index (χ4v) is 2.70. The summed E-state index contributed by atoms with van der Waals surface area (Å²) >= 11 is 0. The molecule has 0 amide bonds. The Hall–Kier alpha value is 0.684.